The molecule has 0 heterocycles. The number of halogens is 4. The summed E-state index contributed by atoms with van der Waals surface area (Å²) in [4.78, 5) is 0. The molecule has 2 rings (SSSR count). The van der Waals surface area contributed by atoms with Gasteiger partial charge in [-0.05, 0) is 59.3 Å². The van der Waals surface area contributed by atoms with E-state index in [-0.39, 0.29) is 5.56 Å². The van der Waals surface area contributed by atoms with Crippen LogP contribution in [0.15, 0.2) is 34.8 Å². The molecule has 19 heavy (non-hydrogen) atoms. The molecule has 0 amide bonds. The van der Waals surface area contributed by atoms with E-state index >= 15 is 0 Å². The standard InChI is InChI=1S/C14H10BrF2IO/c1-7-4-10(13(17)6-12(7)16)14(19)9-5-8(18)2-3-11(9)15/h2-6,14,19H,1H3. The number of benzene rings is 2. The minimum absolute atomic E-state index is 0.0709. The van der Waals surface area contributed by atoms with Crippen molar-refractivity contribution in [1.82, 2.24) is 0 Å². The molecule has 1 unspecified atom stereocenters. The van der Waals surface area contributed by atoms with E-state index in [9.17, 15) is 13.9 Å². The molecule has 0 bridgehead atoms. The lowest BCUT2D eigenvalue weighted by atomic mass is 9.99. The first-order chi connectivity index (χ1) is 8.90. The van der Waals surface area contributed by atoms with Gasteiger partial charge in [-0.25, -0.2) is 8.78 Å². The average Bonchev–Trinajstić information content (AvgIpc) is 2.36. The minimum atomic E-state index is -1.14. The van der Waals surface area contributed by atoms with Gasteiger partial charge in [0.15, 0.2) is 0 Å². The van der Waals surface area contributed by atoms with Gasteiger partial charge in [-0.3, -0.25) is 0 Å². The fraction of sp³-hybridized carbons (Fsp3) is 0.143. The Bertz CT molecular complexity index is 631. The van der Waals surface area contributed by atoms with E-state index in [0.717, 1.165) is 9.64 Å². The number of hydrogen-bond donors (Lipinski definition) is 1. The molecule has 0 saturated heterocycles. The third kappa shape index (κ3) is 3.14. The summed E-state index contributed by atoms with van der Waals surface area (Å²) in [5, 5.41) is 10.3. The smallest absolute Gasteiger partial charge is 0.132 e. The van der Waals surface area contributed by atoms with Gasteiger partial charge in [0.25, 0.3) is 0 Å². The van der Waals surface area contributed by atoms with Gasteiger partial charge in [-0.15, -0.1) is 0 Å². The van der Waals surface area contributed by atoms with Gasteiger partial charge in [0.2, 0.25) is 0 Å². The van der Waals surface area contributed by atoms with Crippen molar-refractivity contribution < 1.29 is 13.9 Å². The maximum atomic E-state index is 13.8. The zero-order valence-corrected chi connectivity index (χ0v) is 13.7. The summed E-state index contributed by atoms with van der Waals surface area (Å²) >= 11 is 5.44. The third-order valence-corrected chi connectivity index (χ3v) is 4.22. The second kappa shape index (κ2) is 5.85. The van der Waals surface area contributed by atoms with Crippen molar-refractivity contribution >= 4 is 38.5 Å². The number of rotatable bonds is 2. The molecule has 0 aliphatic heterocycles. The maximum Gasteiger partial charge on any atom is 0.132 e. The second-order valence-electron chi connectivity index (χ2n) is 4.19. The highest BCUT2D eigenvalue weighted by Crippen LogP contribution is 2.32. The van der Waals surface area contributed by atoms with Crippen LogP contribution >= 0.6 is 38.5 Å². The Morgan fingerprint density at radius 2 is 1.79 bits per heavy atom. The second-order valence-corrected chi connectivity index (χ2v) is 6.29. The van der Waals surface area contributed by atoms with Crippen LogP contribution in [0.5, 0.6) is 0 Å². The fourth-order valence-corrected chi connectivity index (χ4v) is 2.76. The first kappa shape index (κ1) is 14.9. The molecule has 5 heteroatoms. The van der Waals surface area contributed by atoms with Crippen LogP contribution in [-0.4, -0.2) is 5.11 Å². The zero-order chi connectivity index (χ0) is 14.2. The van der Waals surface area contributed by atoms with Gasteiger partial charge in [-0.2, -0.15) is 0 Å². The van der Waals surface area contributed by atoms with Gasteiger partial charge in [0, 0.05) is 25.2 Å². The Hall–Kier alpha value is -0.530. The SMILES string of the molecule is Cc1cc(C(O)c2cc(I)ccc2Br)c(F)cc1F. The molecule has 1 N–H and O–H groups in total. The van der Waals surface area contributed by atoms with Crippen LogP contribution in [0.4, 0.5) is 8.78 Å². The molecule has 0 aromatic heterocycles. The highest BCUT2D eigenvalue weighted by atomic mass is 127. The molecule has 0 fully saturated rings. The van der Waals surface area contributed by atoms with Crippen LogP contribution in [0, 0.1) is 22.1 Å². The lowest BCUT2D eigenvalue weighted by Crippen LogP contribution is -2.05. The van der Waals surface area contributed by atoms with E-state index in [4.69, 9.17) is 0 Å². The van der Waals surface area contributed by atoms with E-state index in [1.165, 1.54) is 13.0 Å². The molecule has 1 atom stereocenters. The van der Waals surface area contributed by atoms with Crippen LogP contribution in [0.1, 0.15) is 22.8 Å². The Balaban J connectivity index is 2.52. The van der Waals surface area contributed by atoms with Crippen molar-refractivity contribution in [3.8, 4) is 0 Å². The summed E-state index contributed by atoms with van der Waals surface area (Å²) in [6, 6.07) is 7.55. The summed E-state index contributed by atoms with van der Waals surface area (Å²) in [5.41, 5.74) is 0.926. The Kier molecular flexibility index (Phi) is 4.58. The molecule has 2 aromatic rings. The molecule has 0 aliphatic rings. The first-order valence-electron chi connectivity index (χ1n) is 5.48. The topological polar surface area (TPSA) is 20.2 Å². The molecule has 0 spiro atoms. The lowest BCUT2D eigenvalue weighted by molar-refractivity contribution is 0.213. The van der Waals surface area contributed by atoms with Crippen molar-refractivity contribution in [3.05, 3.63) is 66.7 Å². The molecule has 0 saturated carbocycles. The zero-order valence-electron chi connectivity index (χ0n) is 9.92. The lowest BCUT2D eigenvalue weighted by Gasteiger charge is -2.15. The monoisotopic (exact) mass is 438 g/mol. The molecule has 100 valence electrons. The number of aryl methyl sites for hydroxylation is 1. The van der Waals surface area contributed by atoms with E-state index < -0.39 is 17.7 Å². The Labute approximate surface area is 131 Å². The molecule has 0 radical (unpaired) electrons. The number of hydrogen-bond acceptors (Lipinski definition) is 1. The number of aliphatic hydroxyl groups is 1. The van der Waals surface area contributed by atoms with Gasteiger partial charge < -0.3 is 5.11 Å². The summed E-state index contributed by atoms with van der Waals surface area (Å²) in [6.45, 7) is 1.54. The van der Waals surface area contributed by atoms with E-state index in [1.54, 1.807) is 12.1 Å². The van der Waals surface area contributed by atoms with Crippen LogP contribution in [-0.2, 0) is 0 Å². The van der Waals surface area contributed by atoms with Gasteiger partial charge in [0.05, 0.1) is 0 Å². The molecular formula is C14H10BrF2IO. The summed E-state index contributed by atoms with van der Waals surface area (Å²) in [5.74, 6) is -1.36. The third-order valence-electron chi connectivity index (χ3n) is 2.83. The van der Waals surface area contributed by atoms with Crippen LogP contribution in [0.3, 0.4) is 0 Å². The summed E-state index contributed by atoms with van der Waals surface area (Å²) in [7, 11) is 0. The van der Waals surface area contributed by atoms with Crippen molar-refractivity contribution in [2.24, 2.45) is 0 Å². The van der Waals surface area contributed by atoms with Crippen molar-refractivity contribution in [2.75, 3.05) is 0 Å². The van der Waals surface area contributed by atoms with Crippen molar-refractivity contribution in [3.63, 3.8) is 0 Å². The molecular weight excluding hydrogens is 429 g/mol. The Morgan fingerprint density at radius 1 is 1.11 bits per heavy atom. The predicted octanol–water partition coefficient (Wildman–Crippen LogP) is 4.72. The first-order valence-corrected chi connectivity index (χ1v) is 7.36. The molecule has 0 aliphatic carbocycles. The highest BCUT2D eigenvalue weighted by molar-refractivity contribution is 14.1. The van der Waals surface area contributed by atoms with Gasteiger partial charge >= 0.3 is 0 Å². The van der Waals surface area contributed by atoms with Crippen molar-refractivity contribution in [2.45, 2.75) is 13.0 Å². The predicted molar refractivity (Wildman–Crippen MR) is 82.0 cm³/mol. The summed E-state index contributed by atoms with van der Waals surface area (Å²) < 4.78 is 28.6. The van der Waals surface area contributed by atoms with E-state index in [2.05, 4.69) is 38.5 Å². The normalized spacial score (nSPS) is 12.5. The average molecular weight is 439 g/mol. The Morgan fingerprint density at radius 3 is 2.47 bits per heavy atom. The van der Waals surface area contributed by atoms with Gasteiger partial charge in [0.1, 0.15) is 17.7 Å². The molecule has 2 aromatic carbocycles. The van der Waals surface area contributed by atoms with E-state index in [0.29, 0.717) is 15.6 Å². The summed E-state index contributed by atoms with van der Waals surface area (Å²) in [6.07, 6.45) is -1.14. The van der Waals surface area contributed by atoms with E-state index in [1.807, 2.05) is 6.07 Å². The van der Waals surface area contributed by atoms with Crippen molar-refractivity contribution in [1.29, 1.82) is 0 Å². The fourth-order valence-electron chi connectivity index (χ4n) is 1.78. The number of aliphatic hydroxyl groups excluding tert-OH is 1. The highest BCUT2D eigenvalue weighted by Gasteiger charge is 2.19. The van der Waals surface area contributed by atoms with Crippen LogP contribution < -0.4 is 0 Å². The van der Waals surface area contributed by atoms with Crippen LogP contribution in [0.2, 0.25) is 0 Å². The largest absolute Gasteiger partial charge is 0.384 e. The quantitative estimate of drug-likeness (QED) is 0.672. The van der Waals surface area contributed by atoms with Gasteiger partial charge in [-0.1, -0.05) is 15.9 Å². The minimum Gasteiger partial charge on any atom is -0.384 e. The maximum absolute atomic E-state index is 13.8. The van der Waals surface area contributed by atoms with Crippen LogP contribution in [0.25, 0.3) is 0 Å². The molecule has 1 nitrogen and oxygen atoms in total.